The molecule has 0 aromatic carbocycles. The molecule has 1 aromatic heterocycles. The molecule has 0 aliphatic heterocycles. The van der Waals surface area contributed by atoms with Gasteiger partial charge in [-0.15, -0.1) is 21.5 Å². The standard InChI is InChI=1S/C12H23N3OS/c1-11(2,3)13-8-10-15-14-9(17-10)7-12(4,5)16-6/h13H,7-8H2,1-6H3. The molecule has 0 radical (unpaired) electrons. The van der Waals surface area contributed by atoms with E-state index < -0.39 is 0 Å². The van der Waals surface area contributed by atoms with Crippen molar-refractivity contribution in [3.8, 4) is 0 Å². The molecule has 0 aliphatic rings. The van der Waals surface area contributed by atoms with Crippen LogP contribution in [0.2, 0.25) is 0 Å². The fraction of sp³-hybridized carbons (Fsp3) is 0.833. The Kier molecular flexibility index (Phi) is 4.63. The average Bonchev–Trinajstić information content (AvgIpc) is 2.61. The molecule has 1 aromatic rings. The summed E-state index contributed by atoms with van der Waals surface area (Å²) in [5, 5.41) is 13.9. The van der Waals surface area contributed by atoms with Crippen LogP contribution in [0.3, 0.4) is 0 Å². The Morgan fingerprint density at radius 3 is 2.24 bits per heavy atom. The monoisotopic (exact) mass is 257 g/mol. The molecule has 5 heteroatoms. The SMILES string of the molecule is COC(C)(C)Cc1nnc(CNC(C)(C)C)s1. The molecule has 0 saturated carbocycles. The molecule has 1 heterocycles. The van der Waals surface area contributed by atoms with Gasteiger partial charge < -0.3 is 10.1 Å². The zero-order valence-corrected chi connectivity index (χ0v) is 12.4. The number of hydrogen-bond donors (Lipinski definition) is 1. The lowest BCUT2D eigenvalue weighted by Gasteiger charge is -2.20. The lowest BCUT2D eigenvalue weighted by molar-refractivity contribution is 0.0230. The van der Waals surface area contributed by atoms with Crippen molar-refractivity contribution in [1.82, 2.24) is 15.5 Å². The van der Waals surface area contributed by atoms with Crippen molar-refractivity contribution in [3.63, 3.8) is 0 Å². The van der Waals surface area contributed by atoms with E-state index in [0.29, 0.717) is 0 Å². The first-order chi connectivity index (χ1) is 7.72. The molecule has 0 aliphatic carbocycles. The van der Waals surface area contributed by atoms with E-state index in [4.69, 9.17) is 4.74 Å². The van der Waals surface area contributed by atoms with Gasteiger partial charge in [0.1, 0.15) is 10.0 Å². The third kappa shape index (κ3) is 5.57. The molecule has 4 nitrogen and oxygen atoms in total. The van der Waals surface area contributed by atoms with E-state index in [1.165, 1.54) is 0 Å². The van der Waals surface area contributed by atoms with E-state index in [2.05, 4.69) is 50.1 Å². The molecule has 0 atom stereocenters. The van der Waals surface area contributed by atoms with Gasteiger partial charge in [-0.05, 0) is 34.6 Å². The van der Waals surface area contributed by atoms with Crippen molar-refractivity contribution in [2.45, 2.75) is 58.7 Å². The predicted octanol–water partition coefficient (Wildman–Crippen LogP) is 2.39. The van der Waals surface area contributed by atoms with Crippen LogP contribution in [0.25, 0.3) is 0 Å². The van der Waals surface area contributed by atoms with E-state index in [9.17, 15) is 0 Å². The van der Waals surface area contributed by atoms with E-state index in [-0.39, 0.29) is 11.1 Å². The van der Waals surface area contributed by atoms with Gasteiger partial charge in [-0.2, -0.15) is 0 Å². The van der Waals surface area contributed by atoms with Gasteiger partial charge in [0.05, 0.1) is 12.1 Å². The van der Waals surface area contributed by atoms with Gasteiger partial charge in [0.2, 0.25) is 0 Å². The van der Waals surface area contributed by atoms with Gasteiger partial charge in [0.15, 0.2) is 0 Å². The fourth-order valence-corrected chi connectivity index (χ4v) is 2.21. The summed E-state index contributed by atoms with van der Waals surface area (Å²) in [7, 11) is 1.73. The minimum atomic E-state index is -0.172. The second-order valence-corrected chi connectivity index (χ2v) is 6.98. The zero-order valence-electron chi connectivity index (χ0n) is 11.6. The van der Waals surface area contributed by atoms with Gasteiger partial charge in [0.25, 0.3) is 0 Å². The molecule has 0 fully saturated rings. The van der Waals surface area contributed by atoms with Crippen LogP contribution in [0.5, 0.6) is 0 Å². The van der Waals surface area contributed by atoms with Crippen LogP contribution < -0.4 is 5.32 Å². The smallest absolute Gasteiger partial charge is 0.131 e. The first-order valence-electron chi connectivity index (χ1n) is 5.83. The number of hydrogen-bond acceptors (Lipinski definition) is 5. The summed E-state index contributed by atoms with van der Waals surface area (Å²) in [6.45, 7) is 11.3. The Morgan fingerprint density at radius 1 is 1.12 bits per heavy atom. The van der Waals surface area contributed by atoms with Gasteiger partial charge >= 0.3 is 0 Å². The molecule has 1 N–H and O–H groups in total. The van der Waals surface area contributed by atoms with Crippen molar-refractivity contribution in [2.75, 3.05) is 7.11 Å². The molecule has 98 valence electrons. The van der Waals surface area contributed by atoms with Crippen molar-refractivity contribution in [2.24, 2.45) is 0 Å². The van der Waals surface area contributed by atoms with Crippen LogP contribution in [-0.4, -0.2) is 28.4 Å². The molecule has 0 bridgehead atoms. The minimum Gasteiger partial charge on any atom is -0.378 e. The van der Waals surface area contributed by atoms with Crippen molar-refractivity contribution < 1.29 is 4.74 Å². The molecular formula is C12H23N3OS. The molecule has 0 unspecified atom stereocenters. The third-order valence-electron chi connectivity index (χ3n) is 2.41. The first kappa shape index (κ1) is 14.5. The number of aromatic nitrogens is 2. The van der Waals surface area contributed by atoms with Gasteiger partial charge in [0, 0.05) is 19.1 Å². The first-order valence-corrected chi connectivity index (χ1v) is 6.65. The van der Waals surface area contributed by atoms with Crippen molar-refractivity contribution >= 4 is 11.3 Å². The Morgan fingerprint density at radius 2 is 1.71 bits per heavy atom. The maximum Gasteiger partial charge on any atom is 0.131 e. The van der Waals surface area contributed by atoms with E-state index >= 15 is 0 Å². The maximum atomic E-state index is 5.39. The summed E-state index contributed by atoms with van der Waals surface area (Å²) >= 11 is 1.65. The molecule has 0 amide bonds. The van der Waals surface area contributed by atoms with Crippen LogP contribution in [0, 0.1) is 0 Å². The van der Waals surface area contributed by atoms with Crippen LogP contribution in [-0.2, 0) is 17.7 Å². The Labute approximate surface area is 108 Å². The van der Waals surface area contributed by atoms with Crippen LogP contribution in [0.15, 0.2) is 0 Å². The maximum absolute atomic E-state index is 5.39. The average molecular weight is 257 g/mol. The minimum absolute atomic E-state index is 0.109. The van der Waals surface area contributed by atoms with Crippen LogP contribution >= 0.6 is 11.3 Å². The van der Waals surface area contributed by atoms with Gasteiger partial charge in [-0.3, -0.25) is 0 Å². The highest BCUT2D eigenvalue weighted by Crippen LogP contribution is 2.19. The lowest BCUT2D eigenvalue weighted by atomic mass is 10.1. The molecule has 0 saturated heterocycles. The van der Waals surface area contributed by atoms with Crippen molar-refractivity contribution in [1.29, 1.82) is 0 Å². The lowest BCUT2D eigenvalue weighted by Crippen LogP contribution is -2.35. The highest BCUT2D eigenvalue weighted by atomic mass is 32.1. The normalized spacial score (nSPS) is 13.1. The third-order valence-corrected chi connectivity index (χ3v) is 3.33. The molecule has 1 rings (SSSR count). The fourth-order valence-electron chi connectivity index (χ4n) is 1.21. The molecule has 0 spiro atoms. The van der Waals surface area contributed by atoms with Crippen molar-refractivity contribution in [3.05, 3.63) is 10.0 Å². The second-order valence-electron chi connectivity index (χ2n) is 5.83. The number of ether oxygens (including phenoxy) is 1. The molecule has 17 heavy (non-hydrogen) atoms. The zero-order chi connectivity index (χ0) is 13.1. The van der Waals surface area contributed by atoms with E-state index in [0.717, 1.165) is 23.0 Å². The highest BCUT2D eigenvalue weighted by Gasteiger charge is 2.20. The largest absolute Gasteiger partial charge is 0.378 e. The number of nitrogens with one attached hydrogen (secondary N) is 1. The van der Waals surface area contributed by atoms with E-state index in [1.54, 1.807) is 18.4 Å². The summed E-state index contributed by atoms with van der Waals surface area (Å²) in [6.07, 6.45) is 0.802. The Hall–Kier alpha value is -0.520. The number of methoxy groups -OCH3 is 1. The van der Waals surface area contributed by atoms with E-state index in [1.807, 2.05) is 0 Å². The topological polar surface area (TPSA) is 47.0 Å². The summed E-state index contributed by atoms with van der Waals surface area (Å²) in [6, 6.07) is 0. The summed E-state index contributed by atoms with van der Waals surface area (Å²) in [5.41, 5.74) is -0.0636. The second kappa shape index (κ2) is 5.42. The Balaban J connectivity index is 2.54. The van der Waals surface area contributed by atoms with Gasteiger partial charge in [-0.25, -0.2) is 0 Å². The number of rotatable bonds is 5. The predicted molar refractivity (Wildman–Crippen MR) is 71.3 cm³/mol. The highest BCUT2D eigenvalue weighted by molar-refractivity contribution is 7.11. The number of nitrogens with zero attached hydrogens (tertiary/aromatic N) is 2. The molecular weight excluding hydrogens is 234 g/mol. The summed E-state index contributed by atoms with van der Waals surface area (Å²) in [4.78, 5) is 0. The summed E-state index contributed by atoms with van der Waals surface area (Å²) < 4.78 is 5.39. The van der Waals surface area contributed by atoms with Crippen LogP contribution in [0.4, 0.5) is 0 Å². The van der Waals surface area contributed by atoms with Gasteiger partial charge in [-0.1, -0.05) is 0 Å². The quantitative estimate of drug-likeness (QED) is 0.880. The Bertz CT molecular complexity index is 355. The van der Waals surface area contributed by atoms with Crippen LogP contribution in [0.1, 0.15) is 44.6 Å². The summed E-state index contributed by atoms with van der Waals surface area (Å²) in [5.74, 6) is 0.